The summed E-state index contributed by atoms with van der Waals surface area (Å²) in [6.45, 7) is 4.31. The van der Waals surface area contributed by atoms with Crippen molar-refractivity contribution in [2.24, 2.45) is 0 Å². The second-order valence-electron chi connectivity index (χ2n) is 5.51. The lowest BCUT2D eigenvalue weighted by atomic mass is 10.2. The van der Waals surface area contributed by atoms with E-state index in [0.717, 1.165) is 15.9 Å². The quantitative estimate of drug-likeness (QED) is 0.730. The predicted octanol–water partition coefficient (Wildman–Crippen LogP) is 3.09. The third kappa shape index (κ3) is 3.61. The van der Waals surface area contributed by atoms with E-state index in [9.17, 15) is 4.79 Å². The van der Waals surface area contributed by atoms with Gasteiger partial charge in [-0.2, -0.15) is 15.5 Å². The van der Waals surface area contributed by atoms with E-state index in [0.29, 0.717) is 23.6 Å². The lowest BCUT2D eigenvalue weighted by Gasteiger charge is -2.05. The molecular weight excluding hydrogens is 384 g/mol. The maximum atomic E-state index is 12.3. The smallest absolute Gasteiger partial charge is 0.276 e. The molecule has 0 aliphatic carbocycles. The molecule has 1 aromatic carbocycles. The third-order valence-electron chi connectivity index (χ3n) is 3.72. The molecule has 0 aliphatic rings. The minimum atomic E-state index is -0.307. The Morgan fingerprint density at radius 1 is 1.24 bits per heavy atom. The molecule has 25 heavy (non-hydrogen) atoms. The van der Waals surface area contributed by atoms with E-state index < -0.39 is 0 Å². The Labute approximate surface area is 153 Å². The van der Waals surface area contributed by atoms with Crippen LogP contribution >= 0.6 is 15.9 Å². The van der Waals surface area contributed by atoms with Crippen molar-refractivity contribution in [1.29, 1.82) is 5.26 Å². The molecular formula is C17H15BrN6O. The molecule has 0 bridgehead atoms. The van der Waals surface area contributed by atoms with Crippen molar-refractivity contribution >= 4 is 27.5 Å². The monoisotopic (exact) mass is 398 g/mol. The van der Waals surface area contributed by atoms with Gasteiger partial charge in [0.05, 0.1) is 27.5 Å². The zero-order valence-electron chi connectivity index (χ0n) is 13.7. The topological polar surface area (TPSA) is 88.5 Å². The SMILES string of the molecule is Cc1nn(Cn2ccc(C(=O)Nc3ccc(C#N)cc3)n2)c(C)c1Br. The van der Waals surface area contributed by atoms with E-state index in [1.54, 1.807) is 41.2 Å². The Hall–Kier alpha value is -2.92. The summed E-state index contributed by atoms with van der Waals surface area (Å²) in [6, 6.07) is 10.3. The average Bonchev–Trinajstić information content (AvgIpc) is 3.17. The Morgan fingerprint density at radius 2 is 1.96 bits per heavy atom. The molecule has 0 fully saturated rings. The van der Waals surface area contributed by atoms with Crippen molar-refractivity contribution in [2.45, 2.75) is 20.5 Å². The van der Waals surface area contributed by atoms with E-state index >= 15 is 0 Å². The van der Waals surface area contributed by atoms with Crippen LogP contribution in [-0.2, 0) is 6.67 Å². The van der Waals surface area contributed by atoms with E-state index in [2.05, 4.69) is 31.4 Å². The van der Waals surface area contributed by atoms with Crippen molar-refractivity contribution in [2.75, 3.05) is 5.32 Å². The molecule has 1 amide bonds. The summed E-state index contributed by atoms with van der Waals surface area (Å²) >= 11 is 3.49. The van der Waals surface area contributed by atoms with Crippen molar-refractivity contribution < 1.29 is 4.79 Å². The molecule has 0 spiro atoms. The van der Waals surface area contributed by atoms with Crippen molar-refractivity contribution in [3.8, 4) is 6.07 Å². The van der Waals surface area contributed by atoms with Gasteiger partial charge in [-0.05, 0) is 60.1 Å². The number of nitrogens with one attached hydrogen (secondary N) is 1. The zero-order chi connectivity index (χ0) is 18.0. The van der Waals surface area contributed by atoms with Crippen LogP contribution in [0.1, 0.15) is 27.4 Å². The van der Waals surface area contributed by atoms with Crippen molar-refractivity contribution in [3.05, 3.63) is 63.6 Å². The number of benzene rings is 1. The van der Waals surface area contributed by atoms with E-state index in [1.165, 1.54) is 0 Å². The zero-order valence-corrected chi connectivity index (χ0v) is 15.3. The normalized spacial score (nSPS) is 10.5. The standard InChI is InChI=1S/C17H15BrN6O/c1-11-16(18)12(2)24(21-11)10-23-8-7-15(22-23)17(25)20-14-5-3-13(9-19)4-6-14/h3-8H,10H2,1-2H3,(H,20,25). The van der Waals surface area contributed by atoms with Gasteiger partial charge in [0, 0.05) is 11.9 Å². The van der Waals surface area contributed by atoms with Gasteiger partial charge in [-0.15, -0.1) is 0 Å². The second kappa shape index (κ2) is 6.91. The van der Waals surface area contributed by atoms with Crippen LogP contribution in [0.4, 0.5) is 5.69 Å². The fourth-order valence-electron chi connectivity index (χ4n) is 2.33. The summed E-state index contributed by atoms with van der Waals surface area (Å²) in [5.41, 5.74) is 3.37. The number of carbonyl (C=O) groups excluding carboxylic acids is 1. The molecule has 3 rings (SSSR count). The molecule has 0 radical (unpaired) electrons. The minimum absolute atomic E-state index is 0.307. The van der Waals surface area contributed by atoms with E-state index in [1.807, 2.05) is 24.6 Å². The maximum Gasteiger partial charge on any atom is 0.276 e. The number of rotatable bonds is 4. The third-order valence-corrected chi connectivity index (χ3v) is 4.86. The molecule has 126 valence electrons. The number of anilines is 1. The van der Waals surface area contributed by atoms with E-state index in [4.69, 9.17) is 5.26 Å². The minimum Gasteiger partial charge on any atom is -0.321 e. The average molecular weight is 399 g/mol. The summed E-state index contributed by atoms with van der Waals surface area (Å²) in [4.78, 5) is 12.3. The molecule has 0 aliphatic heterocycles. The summed E-state index contributed by atoms with van der Waals surface area (Å²) in [5.74, 6) is -0.307. The summed E-state index contributed by atoms with van der Waals surface area (Å²) in [5, 5.41) is 20.3. The number of amides is 1. The van der Waals surface area contributed by atoms with Gasteiger partial charge < -0.3 is 5.32 Å². The highest BCUT2D eigenvalue weighted by molar-refractivity contribution is 9.10. The molecule has 8 heteroatoms. The number of aryl methyl sites for hydroxylation is 1. The van der Waals surface area contributed by atoms with Crippen LogP contribution in [0, 0.1) is 25.2 Å². The van der Waals surface area contributed by atoms with E-state index in [-0.39, 0.29) is 5.91 Å². The number of carbonyl (C=O) groups is 1. The molecule has 2 aromatic heterocycles. The molecule has 0 saturated carbocycles. The Kier molecular flexibility index (Phi) is 4.67. The molecule has 7 nitrogen and oxygen atoms in total. The first-order valence-electron chi connectivity index (χ1n) is 7.52. The first kappa shape index (κ1) is 16.9. The number of halogens is 1. The van der Waals surface area contributed by atoms with Crippen LogP contribution in [0.3, 0.4) is 0 Å². The van der Waals surface area contributed by atoms with Crippen LogP contribution in [0.25, 0.3) is 0 Å². The highest BCUT2D eigenvalue weighted by Gasteiger charge is 2.12. The Balaban J connectivity index is 1.70. The maximum absolute atomic E-state index is 12.3. The number of aromatic nitrogens is 4. The van der Waals surface area contributed by atoms with Gasteiger partial charge >= 0.3 is 0 Å². The largest absolute Gasteiger partial charge is 0.321 e. The van der Waals surface area contributed by atoms with Gasteiger partial charge in [0.1, 0.15) is 6.67 Å². The summed E-state index contributed by atoms with van der Waals surface area (Å²) < 4.78 is 4.44. The highest BCUT2D eigenvalue weighted by atomic mass is 79.9. The van der Waals surface area contributed by atoms with Crippen LogP contribution in [0.15, 0.2) is 41.0 Å². The fraction of sp³-hybridized carbons (Fsp3) is 0.176. The molecule has 3 aromatic rings. The first-order valence-corrected chi connectivity index (χ1v) is 8.31. The Bertz CT molecular complexity index is 964. The Morgan fingerprint density at radius 3 is 2.56 bits per heavy atom. The number of hydrogen-bond acceptors (Lipinski definition) is 4. The molecule has 1 N–H and O–H groups in total. The van der Waals surface area contributed by atoms with Gasteiger partial charge in [-0.1, -0.05) is 0 Å². The van der Waals surface area contributed by atoms with Gasteiger partial charge in [0.15, 0.2) is 5.69 Å². The van der Waals surface area contributed by atoms with Gasteiger partial charge in [0.25, 0.3) is 5.91 Å². The van der Waals surface area contributed by atoms with Gasteiger partial charge in [0.2, 0.25) is 0 Å². The van der Waals surface area contributed by atoms with Crippen LogP contribution in [0.2, 0.25) is 0 Å². The number of nitrogens with zero attached hydrogens (tertiary/aromatic N) is 5. The van der Waals surface area contributed by atoms with Crippen LogP contribution in [-0.4, -0.2) is 25.5 Å². The fourth-order valence-corrected chi connectivity index (χ4v) is 2.62. The van der Waals surface area contributed by atoms with Gasteiger partial charge in [-0.25, -0.2) is 4.68 Å². The lowest BCUT2D eigenvalue weighted by Crippen LogP contribution is -2.15. The van der Waals surface area contributed by atoms with Crippen molar-refractivity contribution in [1.82, 2.24) is 19.6 Å². The molecule has 0 saturated heterocycles. The summed E-state index contributed by atoms with van der Waals surface area (Å²) in [7, 11) is 0. The van der Waals surface area contributed by atoms with Gasteiger partial charge in [-0.3, -0.25) is 9.48 Å². The summed E-state index contributed by atoms with van der Waals surface area (Å²) in [6.07, 6.45) is 1.73. The first-order chi connectivity index (χ1) is 12.0. The molecule has 0 unspecified atom stereocenters. The number of nitriles is 1. The molecule has 0 atom stereocenters. The predicted molar refractivity (Wildman–Crippen MR) is 96.1 cm³/mol. The second-order valence-corrected chi connectivity index (χ2v) is 6.30. The van der Waals surface area contributed by atoms with Crippen LogP contribution in [0.5, 0.6) is 0 Å². The van der Waals surface area contributed by atoms with Crippen LogP contribution < -0.4 is 5.32 Å². The highest BCUT2D eigenvalue weighted by Crippen LogP contribution is 2.19. The number of hydrogen-bond donors (Lipinski definition) is 1. The molecule has 2 heterocycles. The lowest BCUT2D eigenvalue weighted by molar-refractivity contribution is 0.102. The van der Waals surface area contributed by atoms with Crippen molar-refractivity contribution in [3.63, 3.8) is 0 Å².